The Hall–Kier alpha value is -0.0800. The minimum absolute atomic E-state index is 0.509. The van der Waals surface area contributed by atoms with E-state index in [0.717, 1.165) is 18.0 Å². The third-order valence-corrected chi connectivity index (χ3v) is 6.71. The molecule has 2 saturated carbocycles. The van der Waals surface area contributed by atoms with Crippen molar-refractivity contribution in [1.82, 2.24) is 10.2 Å². The van der Waals surface area contributed by atoms with Gasteiger partial charge in [0.15, 0.2) is 0 Å². The van der Waals surface area contributed by atoms with Crippen LogP contribution in [0.1, 0.15) is 59.8 Å². The molecule has 0 aromatic rings. The summed E-state index contributed by atoms with van der Waals surface area (Å²) in [5, 5.41) is 4.10. The molecule has 1 aliphatic heterocycles. The van der Waals surface area contributed by atoms with E-state index in [2.05, 4.69) is 37.9 Å². The summed E-state index contributed by atoms with van der Waals surface area (Å²) in [5.41, 5.74) is 1.09. The van der Waals surface area contributed by atoms with Crippen molar-refractivity contribution < 1.29 is 0 Å². The van der Waals surface area contributed by atoms with Gasteiger partial charge in [-0.05, 0) is 68.5 Å². The van der Waals surface area contributed by atoms with Gasteiger partial charge in [0.25, 0.3) is 0 Å². The quantitative estimate of drug-likeness (QED) is 0.841. The van der Waals surface area contributed by atoms with E-state index in [1.54, 1.807) is 0 Å². The molecule has 3 atom stereocenters. The predicted molar refractivity (Wildman–Crippen MR) is 81.3 cm³/mol. The molecule has 3 aliphatic rings. The van der Waals surface area contributed by atoms with Gasteiger partial charge < -0.3 is 10.2 Å². The molecule has 0 spiro atoms. The van der Waals surface area contributed by atoms with Crippen molar-refractivity contribution in [1.29, 1.82) is 0 Å². The van der Waals surface area contributed by atoms with Gasteiger partial charge in [0.1, 0.15) is 0 Å². The maximum atomic E-state index is 4.10. The fourth-order valence-corrected chi connectivity index (χ4v) is 5.37. The zero-order chi connectivity index (χ0) is 13.7. The van der Waals surface area contributed by atoms with Crippen molar-refractivity contribution >= 4 is 0 Å². The molecule has 1 saturated heterocycles. The molecule has 0 radical (unpaired) electrons. The van der Waals surface area contributed by atoms with E-state index in [0.29, 0.717) is 10.8 Å². The van der Waals surface area contributed by atoms with Crippen molar-refractivity contribution in [2.45, 2.75) is 71.9 Å². The Kier molecular flexibility index (Phi) is 3.46. The minimum Gasteiger partial charge on any atom is -0.310 e. The number of hydrogen-bond acceptors (Lipinski definition) is 2. The molecule has 0 aromatic carbocycles. The second-order valence-corrected chi connectivity index (χ2v) is 8.22. The van der Waals surface area contributed by atoms with E-state index >= 15 is 0 Å². The minimum atomic E-state index is 0.509. The van der Waals surface area contributed by atoms with Crippen LogP contribution in [0.4, 0.5) is 0 Å². The molecule has 110 valence electrons. The van der Waals surface area contributed by atoms with Crippen LogP contribution in [0.2, 0.25) is 0 Å². The zero-order valence-electron chi connectivity index (χ0n) is 13.3. The highest BCUT2D eigenvalue weighted by atomic mass is 15.1. The summed E-state index contributed by atoms with van der Waals surface area (Å²) >= 11 is 0. The third-order valence-electron chi connectivity index (χ3n) is 6.71. The van der Waals surface area contributed by atoms with E-state index in [-0.39, 0.29) is 0 Å². The predicted octanol–water partition coefficient (Wildman–Crippen LogP) is 3.28. The van der Waals surface area contributed by atoms with Crippen LogP contribution in [0.25, 0.3) is 0 Å². The Morgan fingerprint density at radius 3 is 2.32 bits per heavy atom. The van der Waals surface area contributed by atoms with Crippen LogP contribution in [-0.4, -0.2) is 36.6 Å². The summed E-state index contributed by atoms with van der Waals surface area (Å²) in [6.45, 7) is 13.7. The molecule has 0 amide bonds. The van der Waals surface area contributed by atoms with E-state index in [9.17, 15) is 0 Å². The van der Waals surface area contributed by atoms with E-state index in [1.165, 1.54) is 51.7 Å². The van der Waals surface area contributed by atoms with Crippen LogP contribution in [0.3, 0.4) is 0 Å². The number of nitrogens with one attached hydrogen (secondary N) is 1. The Morgan fingerprint density at radius 2 is 1.79 bits per heavy atom. The van der Waals surface area contributed by atoms with Crippen LogP contribution in [-0.2, 0) is 0 Å². The topological polar surface area (TPSA) is 15.3 Å². The third kappa shape index (κ3) is 2.25. The number of nitrogens with zero attached hydrogens (tertiary/aromatic N) is 1. The van der Waals surface area contributed by atoms with Crippen LogP contribution < -0.4 is 5.32 Å². The van der Waals surface area contributed by atoms with Gasteiger partial charge in [-0.3, -0.25) is 0 Å². The smallest absolute Gasteiger partial charge is 0.0177 e. The van der Waals surface area contributed by atoms with Gasteiger partial charge in [0.05, 0.1) is 0 Å². The fraction of sp³-hybridized carbons (Fsp3) is 1.00. The molecular formula is C17H32N2. The highest BCUT2D eigenvalue weighted by Gasteiger charge is 2.59. The van der Waals surface area contributed by atoms with Gasteiger partial charge in [0, 0.05) is 12.1 Å². The normalized spacial score (nSPS) is 42.9. The monoisotopic (exact) mass is 264 g/mol. The molecule has 1 unspecified atom stereocenters. The van der Waals surface area contributed by atoms with Gasteiger partial charge in [-0.2, -0.15) is 0 Å². The Balaban J connectivity index is 1.64. The first-order valence-electron chi connectivity index (χ1n) is 8.44. The van der Waals surface area contributed by atoms with E-state index < -0.39 is 0 Å². The van der Waals surface area contributed by atoms with E-state index in [4.69, 9.17) is 0 Å². The summed E-state index contributed by atoms with van der Waals surface area (Å²) in [7, 11) is 0. The highest BCUT2D eigenvalue weighted by Crippen LogP contribution is 2.62. The lowest BCUT2D eigenvalue weighted by molar-refractivity contribution is 0.0841. The molecule has 2 aliphatic carbocycles. The first kappa shape index (κ1) is 13.9. The average molecular weight is 264 g/mol. The maximum absolute atomic E-state index is 4.10. The van der Waals surface area contributed by atoms with Gasteiger partial charge in [-0.25, -0.2) is 0 Å². The second kappa shape index (κ2) is 4.73. The van der Waals surface area contributed by atoms with Crippen molar-refractivity contribution in [2.75, 3.05) is 19.6 Å². The molecule has 2 bridgehead atoms. The molecule has 3 rings (SSSR count). The standard InChI is InChI=1S/C17H32N2/c1-5-19-10-7-14(8-11-19)18-15-16(2,3)13-6-9-17(15,4)12-13/h13-15,18H,5-12H2,1-4H3/t13-,15?,17+/m0/s1. The SMILES string of the molecule is CCN1CCC(NC2C(C)(C)[C@H]3CC[C@]2(C)C3)CC1. The molecule has 2 nitrogen and oxygen atoms in total. The first-order chi connectivity index (χ1) is 8.95. The van der Waals surface area contributed by atoms with Gasteiger partial charge in [-0.15, -0.1) is 0 Å². The molecule has 2 heteroatoms. The summed E-state index contributed by atoms with van der Waals surface area (Å²) in [4.78, 5) is 2.59. The molecule has 0 aromatic heterocycles. The van der Waals surface area contributed by atoms with Crippen molar-refractivity contribution in [3.05, 3.63) is 0 Å². The molecule has 1 heterocycles. The van der Waals surface area contributed by atoms with E-state index in [1.807, 2.05) is 0 Å². The first-order valence-corrected chi connectivity index (χ1v) is 8.44. The lowest BCUT2D eigenvalue weighted by atomic mass is 9.68. The molecule has 3 fully saturated rings. The van der Waals surface area contributed by atoms with Crippen molar-refractivity contribution in [3.8, 4) is 0 Å². The van der Waals surface area contributed by atoms with Gasteiger partial charge in [0.2, 0.25) is 0 Å². The zero-order valence-corrected chi connectivity index (χ0v) is 13.3. The van der Waals surface area contributed by atoms with Gasteiger partial charge >= 0.3 is 0 Å². The van der Waals surface area contributed by atoms with Gasteiger partial charge in [-0.1, -0.05) is 27.7 Å². The van der Waals surface area contributed by atoms with Crippen LogP contribution in [0, 0.1) is 16.7 Å². The number of fused-ring (bicyclic) bond motifs is 2. The second-order valence-electron chi connectivity index (χ2n) is 8.22. The Morgan fingerprint density at radius 1 is 1.11 bits per heavy atom. The van der Waals surface area contributed by atoms with Crippen LogP contribution >= 0.6 is 0 Å². The average Bonchev–Trinajstić information content (AvgIpc) is 2.87. The lowest BCUT2D eigenvalue weighted by Crippen LogP contribution is -2.55. The number of rotatable bonds is 3. The Bertz CT molecular complexity index is 325. The Labute approximate surface area is 119 Å². The summed E-state index contributed by atoms with van der Waals surface area (Å²) in [5.74, 6) is 0.964. The fourth-order valence-electron chi connectivity index (χ4n) is 5.37. The maximum Gasteiger partial charge on any atom is 0.0177 e. The van der Waals surface area contributed by atoms with Crippen molar-refractivity contribution in [3.63, 3.8) is 0 Å². The number of hydrogen-bond donors (Lipinski definition) is 1. The number of likely N-dealkylation sites (tertiary alicyclic amines) is 1. The van der Waals surface area contributed by atoms with Crippen LogP contribution in [0.5, 0.6) is 0 Å². The summed E-state index contributed by atoms with van der Waals surface area (Å²) in [6.07, 6.45) is 7.08. The van der Waals surface area contributed by atoms with Crippen LogP contribution in [0.15, 0.2) is 0 Å². The summed E-state index contributed by atoms with van der Waals surface area (Å²) in [6, 6.07) is 1.51. The van der Waals surface area contributed by atoms with Crippen molar-refractivity contribution in [2.24, 2.45) is 16.7 Å². The highest BCUT2D eigenvalue weighted by molar-refractivity contribution is 5.12. The summed E-state index contributed by atoms with van der Waals surface area (Å²) < 4.78 is 0. The number of piperidine rings is 1. The lowest BCUT2D eigenvalue weighted by Gasteiger charge is -2.46. The molecular weight excluding hydrogens is 232 g/mol. The largest absolute Gasteiger partial charge is 0.310 e. The molecule has 19 heavy (non-hydrogen) atoms. The molecule has 1 N–H and O–H groups in total.